The van der Waals surface area contributed by atoms with Crippen molar-refractivity contribution in [2.75, 3.05) is 5.73 Å². The highest BCUT2D eigenvalue weighted by Gasteiger charge is 2.07. The van der Waals surface area contributed by atoms with Crippen LogP contribution in [0.5, 0.6) is 0 Å². The number of benzene rings is 1. The Bertz CT molecular complexity index is 447. The minimum atomic E-state index is 0.891. The minimum absolute atomic E-state index is 0.891. The van der Waals surface area contributed by atoms with Gasteiger partial charge >= 0.3 is 0 Å². The number of nitrogen functional groups attached to an aromatic ring is 1. The van der Waals surface area contributed by atoms with Crippen LogP contribution in [0.2, 0.25) is 0 Å². The molecule has 0 bridgehead atoms. The van der Waals surface area contributed by atoms with Crippen LogP contribution in [0.4, 0.5) is 5.69 Å². The summed E-state index contributed by atoms with van der Waals surface area (Å²) in [5.74, 6) is 0. The number of halogens is 1. The Balaban J connectivity index is 2.85. The van der Waals surface area contributed by atoms with Crippen LogP contribution >= 0.6 is 27.3 Å². The number of anilines is 1. The molecule has 0 aliphatic rings. The Morgan fingerprint density at radius 3 is 2.92 bits per heavy atom. The molecule has 1 heterocycles. The maximum Gasteiger partial charge on any atom is 0.0502 e. The van der Waals surface area contributed by atoms with Gasteiger partial charge in [0.05, 0.1) is 5.69 Å². The highest BCUT2D eigenvalue weighted by molar-refractivity contribution is 9.10. The molecule has 0 aliphatic heterocycles. The molecule has 1 aromatic heterocycles. The van der Waals surface area contributed by atoms with Gasteiger partial charge in [-0.2, -0.15) is 0 Å². The summed E-state index contributed by atoms with van der Waals surface area (Å²) in [6.45, 7) is 2.16. The van der Waals surface area contributed by atoms with Gasteiger partial charge in [-0.3, -0.25) is 0 Å². The summed E-state index contributed by atoms with van der Waals surface area (Å²) < 4.78 is 2.50. The molecule has 3 heteroatoms. The lowest BCUT2D eigenvalue weighted by molar-refractivity contribution is 1.15. The first-order chi connectivity index (χ1) is 6.24. The average Bonchev–Trinajstić information content (AvgIpc) is 2.48. The van der Waals surface area contributed by atoms with E-state index in [2.05, 4.69) is 35.0 Å². The molecule has 0 atom stereocenters. The van der Waals surface area contributed by atoms with Crippen LogP contribution < -0.4 is 5.73 Å². The van der Waals surface area contributed by atoms with Gasteiger partial charge in [0.25, 0.3) is 0 Å². The van der Waals surface area contributed by atoms with Crippen molar-refractivity contribution in [3.05, 3.63) is 27.5 Å². The van der Waals surface area contributed by atoms with E-state index in [0.717, 1.165) is 12.1 Å². The van der Waals surface area contributed by atoms with Crippen LogP contribution in [0, 0.1) is 0 Å². The molecule has 0 saturated heterocycles. The van der Waals surface area contributed by atoms with Gasteiger partial charge in [-0.25, -0.2) is 0 Å². The molecule has 0 amide bonds. The lowest BCUT2D eigenvalue weighted by Crippen LogP contribution is -1.84. The molecule has 0 spiro atoms. The first-order valence-corrected chi connectivity index (χ1v) is 5.85. The summed E-state index contributed by atoms with van der Waals surface area (Å²) in [4.78, 5) is 0. The van der Waals surface area contributed by atoms with E-state index in [1.807, 2.05) is 5.38 Å². The second kappa shape index (κ2) is 3.31. The summed E-state index contributed by atoms with van der Waals surface area (Å²) in [5.41, 5.74) is 8.10. The predicted octanol–water partition coefficient (Wildman–Crippen LogP) is 3.81. The van der Waals surface area contributed by atoms with Crippen molar-refractivity contribution in [3.63, 3.8) is 0 Å². The lowest BCUT2D eigenvalue weighted by Gasteiger charge is -2.02. The third-order valence-electron chi connectivity index (χ3n) is 2.17. The van der Waals surface area contributed by atoms with Gasteiger partial charge in [-0.15, -0.1) is 11.3 Å². The first-order valence-electron chi connectivity index (χ1n) is 4.18. The molecule has 0 saturated carbocycles. The number of hydrogen-bond acceptors (Lipinski definition) is 2. The van der Waals surface area contributed by atoms with Gasteiger partial charge in [0.1, 0.15) is 0 Å². The quantitative estimate of drug-likeness (QED) is 0.824. The summed E-state index contributed by atoms with van der Waals surface area (Å²) in [6, 6.07) is 4.15. The number of fused-ring (bicyclic) bond motifs is 1. The molecule has 13 heavy (non-hydrogen) atoms. The Morgan fingerprint density at radius 2 is 2.23 bits per heavy atom. The average molecular weight is 256 g/mol. The zero-order valence-corrected chi connectivity index (χ0v) is 9.71. The fourth-order valence-corrected chi connectivity index (χ4v) is 3.30. The molecular formula is C10H10BrNS. The van der Waals surface area contributed by atoms with Crippen molar-refractivity contribution in [2.45, 2.75) is 13.3 Å². The van der Waals surface area contributed by atoms with Gasteiger partial charge < -0.3 is 5.73 Å². The lowest BCUT2D eigenvalue weighted by atomic mass is 10.1. The van der Waals surface area contributed by atoms with Gasteiger partial charge in [-0.05, 0) is 18.1 Å². The second-order valence-electron chi connectivity index (χ2n) is 2.95. The summed E-state index contributed by atoms with van der Waals surface area (Å²) in [5, 5.41) is 3.20. The van der Waals surface area contributed by atoms with Crippen molar-refractivity contribution in [3.8, 4) is 0 Å². The molecular weight excluding hydrogens is 246 g/mol. The standard InChI is InChI=1S/C10H10BrNS/c1-2-6-8(11)4-3-7-9(12)5-13-10(6)7/h3-5H,2,12H2,1H3. The van der Waals surface area contributed by atoms with Crippen molar-refractivity contribution in [1.82, 2.24) is 0 Å². The topological polar surface area (TPSA) is 26.0 Å². The highest BCUT2D eigenvalue weighted by atomic mass is 79.9. The molecule has 0 aliphatic carbocycles. The SMILES string of the molecule is CCc1c(Br)ccc2c(N)csc12. The van der Waals surface area contributed by atoms with E-state index in [-0.39, 0.29) is 0 Å². The Labute approximate surface area is 89.7 Å². The van der Waals surface area contributed by atoms with E-state index >= 15 is 0 Å². The van der Waals surface area contributed by atoms with E-state index < -0.39 is 0 Å². The normalized spacial score (nSPS) is 10.9. The monoisotopic (exact) mass is 255 g/mol. The third-order valence-corrected chi connectivity index (χ3v) is 3.99. The molecule has 0 radical (unpaired) electrons. The molecule has 2 aromatic rings. The third kappa shape index (κ3) is 1.36. The second-order valence-corrected chi connectivity index (χ2v) is 4.68. The number of aryl methyl sites for hydroxylation is 1. The van der Waals surface area contributed by atoms with Crippen molar-refractivity contribution in [1.29, 1.82) is 0 Å². The van der Waals surface area contributed by atoms with E-state index in [1.54, 1.807) is 11.3 Å². The van der Waals surface area contributed by atoms with Crippen molar-refractivity contribution >= 4 is 43.0 Å². The smallest absolute Gasteiger partial charge is 0.0502 e. The number of thiophene rings is 1. The van der Waals surface area contributed by atoms with Gasteiger partial charge in [0, 0.05) is 19.9 Å². The fraction of sp³-hybridized carbons (Fsp3) is 0.200. The van der Waals surface area contributed by atoms with Crippen molar-refractivity contribution < 1.29 is 0 Å². The molecule has 2 rings (SSSR count). The van der Waals surface area contributed by atoms with Crippen LogP contribution in [-0.4, -0.2) is 0 Å². The Hall–Kier alpha value is -0.540. The van der Waals surface area contributed by atoms with Crippen LogP contribution in [0.3, 0.4) is 0 Å². The predicted molar refractivity (Wildman–Crippen MR) is 63.3 cm³/mol. The zero-order chi connectivity index (χ0) is 9.42. The number of hydrogen-bond donors (Lipinski definition) is 1. The molecule has 1 aromatic carbocycles. The van der Waals surface area contributed by atoms with Gasteiger partial charge in [0.2, 0.25) is 0 Å². The number of rotatable bonds is 1. The van der Waals surface area contributed by atoms with E-state index in [1.165, 1.54) is 20.1 Å². The van der Waals surface area contributed by atoms with Crippen LogP contribution in [0.15, 0.2) is 22.0 Å². The summed E-state index contributed by atoms with van der Waals surface area (Å²) in [7, 11) is 0. The summed E-state index contributed by atoms with van der Waals surface area (Å²) in [6.07, 6.45) is 1.04. The largest absolute Gasteiger partial charge is 0.398 e. The molecule has 0 fully saturated rings. The first kappa shape index (κ1) is 9.03. The van der Waals surface area contributed by atoms with Crippen molar-refractivity contribution in [2.24, 2.45) is 0 Å². The highest BCUT2D eigenvalue weighted by Crippen LogP contribution is 2.34. The zero-order valence-electron chi connectivity index (χ0n) is 7.30. The van der Waals surface area contributed by atoms with E-state index in [0.29, 0.717) is 0 Å². The molecule has 68 valence electrons. The maximum atomic E-state index is 5.84. The Kier molecular flexibility index (Phi) is 2.30. The van der Waals surface area contributed by atoms with E-state index in [9.17, 15) is 0 Å². The van der Waals surface area contributed by atoms with Crippen LogP contribution in [-0.2, 0) is 6.42 Å². The number of nitrogens with two attached hydrogens (primary N) is 1. The minimum Gasteiger partial charge on any atom is -0.398 e. The molecule has 0 unspecified atom stereocenters. The maximum absolute atomic E-state index is 5.84. The van der Waals surface area contributed by atoms with E-state index in [4.69, 9.17) is 5.73 Å². The fourth-order valence-electron chi connectivity index (χ4n) is 1.48. The van der Waals surface area contributed by atoms with Gasteiger partial charge in [0.15, 0.2) is 0 Å². The Morgan fingerprint density at radius 1 is 1.46 bits per heavy atom. The molecule has 1 nitrogen and oxygen atoms in total. The molecule has 2 N–H and O–H groups in total. The van der Waals surface area contributed by atoms with Crippen LogP contribution in [0.25, 0.3) is 10.1 Å². The summed E-state index contributed by atoms with van der Waals surface area (Å²) >= 11 is 5.28. The van der Waals surface area contributed by atoms with Crippen LogP contribution in [0.1, 0.15) is 12.5 Å². The van der Waals surface area contributed by atoms with Gasteiger partial charge in [-0.1, -0.05) is 28.9 Å².